The Morgan fingerprint density at radius 2 is 1.61 bits per heavy atom. The second-order valence-electron chi connectivity index (χ2n) is 8.32. The van der Waals surface area contributed by atoms with Crippen molar-refractivity contribution in [1.82, 2.24) is 9.80 Å². The summed E-state index contributed by atoms with van der Waals surface area (Å²) in [6, 6.07) is 7.63. The molecule has 2 aliphatic heterocycles. The maximum atomic E-state index is 13.2. The summed E-state index contributed by atoms with van der Waals surface area (Å²) in [5.41, 5.74) is 1.11. The second-order valence-corrected chi connectivity index (χ2v) is 8.75. The molecule has 1 unspecified atom stereocenters. The lowest BCUT2D eigenvalue weighted by Crippen LogP contribution is -2.55. The molecule has 2 heterocycles. The molecule has 3 fully saturated rings. The van der Waals surface area contributed by atoms with Gasteiger partial charge in [0.25, 0.3) is 0 Å². The second kappa shape index (κ2) is 8.73. The molecule has 28 heavy (non-hydrogen) atoms. The van der Waals surface area contributed by atoms with Gasteiger partial charge in [-0.2, -0.15) is 0 Å². The number of piperazine rings is 1. The van der Waals surface area contributed by atoms with E-state index in [1.807, 2.05) is 28.0 Å². The number of halogens is 1. The highest BCUT2D eigenvalue weighted by molar-refractivity contribution is 6.30. The smallest absolute Gasteiger partial charge is 0.245 e. The minimum atomic E-state index is -0.243. The molecular weight excluding hydrogens is 374 g/mol. The van der Waals surface area contributed by atoms with Gasteiger partial charge in [0.05, 0.1) is 0 Å². The van der Waals surface area contributed by atoms with Crippen LogP contribution < -0.4 is 4.90 Å². The zero-order chi connectivity index (χ0) is 19.5. The van der Waals surface area contributed by atoms with Crippen molar-refractivity contribution in [3.8, 4) is 0 Å². The third kappa shape index (κ3) is 4.14. The van der Waals surface area contributed by atoms with Crippen molar-refractivity contribution < 1.29 is 9.59 Å². The van der Waals surface area contributed by atoms with E-state index in [9.17, 15) is 9.59 Å². The van der Waals surface area contributed by atoms with Gasteiger partial charge in [-0.25, -0.2) is 0 Å². The Bertz CT molecular complexity index is 711. The van der Waals surface area contributed by atoms with E-state index in [1.54, 1.807) is 0 Å². The predicted octanol–water partition coefficient (Wildman–Crippen LogP) is 3.56. The summed E-state index contributed by atoms with van der Waals surface area (Å²) in [4.78, 5) is 32.3. The zero-order valence-corrected chi connectivity index (χ0v) is 17.2. The minimum Gasteiger partial charge on any atom is -0.368 e. The van der Waals surface area contributed by atoms with Crippen molar-refractivity contribution in [2.45, 2.75) is 51.0 Å². The molecule has 4 rings (SSSR count). The lowest BCUT2D eigenvalue weighted by Gasteiger charge is -2.39. The van der Waals surface area contributed by atoms with Crippen molar-refractivity contribution in [1.29, 1.82) is 0 Å². The molecule has 3 aliphatic rings. The van der Waals surface area contributed by atoms with Crippen LogP contribution in [0.25, 0.3) is 0 Å². The largest absolute Gasteiger partial charge is 0.368 e. The number of hydrogen-bond donors (Lipinski definition) is 0. The Balaban J connectivity index is 1.35. The van der Waals surface area contributed by atoms with Crippen LogP contribution in [0.15, 0.2) is 24.3 Å². The van der Waals surface area contributed by atoms with E-state index in [1.165, 1.54) is 6.42 Å². The highest BCUT2D eigenvalue weighted by Crippen LogP contribution is 2.30. The van der Waals surface area contributed by atoms with Gasteiger partial charge in [0, 0.05) is 49.4 Å². The molecule has 2 saturated heterocycles. The summed E-state index contributed by atoms with van der Waals surface area (Å²) in [6.07, 6.45) is 7.28. The Hall–Kier alpha value is -1.75. The molecule has 1 saturated carbocycles. The SMILES string of the molecule is O=C(C1CCCN1C(=O)C1CCCCC1)N1CCN(c2cccc(Cl)c2)CC1. The van der Waals surface area contributed by atoms with Gasteiger partial charge < -0.3 is 14.7 Å². The molecule has 0 radical (unpaired) electrons. The summed E-state index contributed by atoms with van der Waals surface area (Å²) < 4.78 is 0. The zero-order valence-electron chi connectivity index (χ0n) is 16.5. The summed E-state index contributed by atoms with van der Waals surface area (Å²) in [6.45, 7) is 3.75. The highest BCUT2D eigenvalue weighted by atomic mass is 35.5. The van der Waals surface area contributed by atoms with Gasteiger partial charge in [-0.05, 0) is 43.9 Å². The van der Waals surface area contributed by atoms with Gasteiger partial charge in [0.15, 0.2) is 0 Å². The van der Waals surface area contributed by atoms with Gasteiger partial charge >= 0.3 is 0 Å². The summed E-state index contributed by atoms with van der Waals surface area (Å²) in [5, 5.41) is 0.735. The maximum Gasteiger partial charge on any atom is 0.245 e. The van der Waals surface area contributed by atoms with E-state index in [0.717, 1.165) is 68.9 Å². The van der Waals surface area contributed by atoms with Crippen molar-refractivity contribution in [2.24, 2.45) is 5.92 Å². The van der Waals surface area contributed by atoms with Crippen LogP contribution in [0.4, 0.5) is 5.69 Å². The van der Waals surface area contributed by atoms with Crippen LogP contribution >= 0.6 is 11.6 Å². The molecule has 1 aliphatic carbocycles. The molecule has 5 nitrogen and oxygen atoms in total. The third-order valence-electron chi connectivity index (χ3n) is 6.54. The molecule has 6 heteroatoms. The number of amides is 2. The molecule has 152 valence electrons. The fourth-order valence-electron chi connectivity index (χ4n) is 4.94. The number of nitrogens with zero attached hydrogens (tertiary/aromatic N) is 3. The fraction of sp³-hybridized carbons (Fsp3) is 0.636. The Morgan fingerprint density at radius 1 is 0.857 bits per heavy atom. The Morgan fingerprint density at radius 3 is 2.32 bits per heavy atom. The number of rotatable bonds is 3. The lowest BCUT2D eigenvalue weighted by atomic mass is 9.88. The molecule has 1 atom stereocenters. The highest BCUT2D eigenvalue weighted by Gasteiger charge is 2.39. The third-order valence-corrected chi connectivity index (χ3v) is 6.78. The number of hydrogen-bond acceptors (Lipinski definition) is 3. The van der Waals surface area contributed by atoms with E-state index < -0.39 is 0 Å². The molecule has 0 N–H and O–H groups in total. The summed E-state index contributed by atoms with van der Waals surface area (Å²) in [5.74, 6) is 0.516. The predicted molar refractivity (Wildman–Crippen MR) is 112 cm³/mol. The average molecular weight is 404 g/mol. The van der Waals surface area contributed by atoms with E-state index >= 15 is 0 Å². The van der Waals surface area contributed by atoms with Crippen molar-refractivity contribution in [3.63, 3.8) is 0 Å². The van der Waals surface area contributed by atoms with Gasteiger partial charge in [0.2, 0.25) is 11.8 Å². The molecule has 1 aromatic carbocycles. The van der Waals surface area contributed by atoms with E-state index in [4.69, 9.17) is 11.6 Å². The molecule has 1 aromatic rings. The van der Waals surface area contributed by atoms with Gasteiger partial charge in [-0.1, -0.05) is 36.9 Å². The van der Waals surface area contributed by atoms with Crippen LogP contribution in [0.2, 0.25) is 5.02 Å². The van der Waals surface area contributed by atoms with Crippen LogP contribution in [0.1, 0.15) is 44.9 Å². The van der Waals surface area contributed by atoms with E-state index in [0.29, 0.717) is 13.1 Å². The number of carbonyl (C=O) groups excluding carboxylic acids is 2. The molecular formula is C22H30ClN3O2. The molecule has 0 bridgehead atoms. The molecule has 2 amide bonds. The standard InChI is InChI=1S/C22H30ClN3O2/c23-18-8-4-9-19(16-18)24-12-14-25(15-13-24)22(28)20-10-5-11-26(20)21(27)17-6-2-1-3-7-17/h4,8-9,16-17,20H,1-3,5-7,10-15H2. The summed E-state index contributed by atoms with van der Waals surface area (Å²) in [7, 11) is 0. The number of carbonyl (C=O) groups is 2. The van der Waals surface area contributed by atoms with Crippen LogP contribution in [-0.2, 0) is 9.59 Å². The Labute approximate surface area is 172 Å². The quantitative estimate of drug-likeness (QED) is 0.775. The monoisotopic (exact) mass is 403 g/mol. The van der Waals surface area contributed by atoms with Crippen LogP contribution in [0, 0.1) is 5.92 Å². The molecule has 0 aromatic heterocycles. The first-order chi connectivity index (χ1) is 13.6. The first kappa shape index (κ1) is 19.6. The topological polar surface area (TPSA) is 43.9 Å². The number of anilines is 1. The number of benzene rings is 1. The van der Waals surface area contributed by atoms with Gasteiger partial charge in [-0.15, -0.1) is 0 Å². The fourth-order valence-corrected chi connectivity index (χ4v) is 5.12. The summed E-state index contributed by atoms with van der Waals surface area (Å²) >= 11 is 6.11. The first-order valence-electron chi connectivity index (χ1n) is 10.7. The molecule has 0 spiro atoms. The van der Waals surface area contributed by atoms with Gasteiger partial charge in [-0.3, -0.25) is 9.59 Å². The minimum absolute atomic E-state index is 0.141. The van der Waals surface area contributed by atoms with Crippen molar-refractivity contribution in [3.05, 3.63) is 29.3 Å². The van der Waals surface area contributed by atoms with Crippen LogP contribution in [0.5, 0.6) is 0 Å². The van der Waals surface area contributed by atoms with Crippen molar-refractivity contribution >= 4 is 29.1 Å². The number of likely N-dealkylation sites (tertiary alicyclic amines) is 1. The van der Waals surface area contributed by atoms with Crippen LogP contribution in [-0.4, -0.2) is 60.4 Å². The first-order valence-corrected chi connectivity index (χ1v) is 11.1. The average Bonchev–Trinajstić information content (AvgIpc) is 3.23. The van der Waals surface area contributed by atoms with E-state index in [2.05, 4.69) is 11.0 Å². The van der Waals surface area contributed by atoms with Crippen LogP contribution in [0.3, 0.4) is 0 Å². The van der Waals surface area contributed by atoms with Crippen molar-refractivity contribution in [2.75, 3.05) is 37.6 Å². The normalized spacial score (nSPS) is 23.9. The maximum absolute atomic E-state index is 13.2. The van der Waals surface area contributed by atoms with Gasteiger partial charge in [0.1, 0.15) is 6.04 Å². The van der Waals surface area contributed by atoms with E-state index in [-0.39, 0.29) is 23.8 Å². The Kier molecular flexibility index (Phi) is 6.10. The lowest BCUT2D eigenvalue weighted by molar-refractivity contribution is -0.146.